The number of aliphatic carboxylic acids is 1. The highest BCUT2D eigenvalue weighted by Crippen LogP contribution is 2.23. The Labute approximate surface area is 196 Å². The van der Waals surface area contributed by atoms with Gasteiger partial charge in [0.05, 0.1) is 18.0 Å². The third kappa shape index (κ3) is 6.87. The van der Waals surface area contributed by atoms with E-state index < -0.39 is 18.6 Å². The van der Waals surface area contributed by atoms with Crippen molar-refractivity contribution < 1.29 is 32.7 Å². The lowest BCUT2D eigenvalue weighted by atomic mass is 9.95. The fourth-order valence-corrected chi connectivity index (χ4v) is 3.26. The van der Waals surface area contributed by atoms with E-state index in [-0.39, 0.29) is 24.6 Å². The van der Waals surface area contributed by atoms with Crippen molar-refractivity contribution in [2.75, 3.05) is 19.9 Å². The van der Waals surface area contributed by atoms with Gasteiger partial charge in [-0.1, -0.05) is 17.3 Å². The van der Waals surface area contributed by atoms with Crippen LogP contribution in [0, 0.1) is 18.7 Å². The molecule has 3 rings (SSSR count). The van der Waals surface area contributed by atoms with Crippen LogP contribution >= 0.6 is 0 Å². The molecule has 2 aromatic carbocycles. The molecule has 0 radical (unpaired) electrons. The lowest BCUT2D eigenvalue weighted by Crippen LogP contribution is -2.24. The Hall–Kier alpha value is -3.75. The highest BCUT2D eigenvalue weighted by Gasteiger charge is 2.22. The Balaban J connectivity index is 1.54. The molecular formula is C25H26F2N2O5. The molecule has 0 aliphatic rings. The summed E-state index contributed by atoms with van der Waals surface area (Å²) in [5.41, 5.74) is 2.51. The molecule has 3 aromatic rings. The first-order valence-corrected chi connectivity index (χ1v) is 10.8. The van der Waals surface area contributed by atoms with Gasteiger partial charge < -0.3 is 19.1 Å². The highest BCUT2D eigenvalue weighted by atomic mass is 19.1. The van der Waals surface area contributed by atoms with Crippen molar-refractivity contribution in [3.63, 3.8) is 0 Å². The lowest BCUT2D eigenvalue weighted by molar-refractivity contribution is -0.139. The van der Waals surface area contributed by atoms with Gasteiger partial charge in [0, 0.05) is 12.0 Å². The summed E-state index contributed by atoms with van der Waals surface area (Å²) in [6, 6.07) is 13.0. The SMILES string of the molecule is C/C(=N\OCCF)C(Cc1ccc(OCCc2nc(-c3ccc(F)cc3)oc2C)cc1)C(=O)O. The third-order valence-corrected chi connectivity index (χ3v) is 5.13. The zero-order valence-corrected chi connectivity index (χ0v) is 19.0. The summed E-state index contributed by atoms with van der Waals surface area (Å²) >= 11 is 0. The Kier molecular flexibility index (Phi) is 8.73. The molecule has 0 aliphatic carbocycles. The zero-order chi connectivity index (χ0) is 24.5. The number of nitrogens with zero attached hydrogens (tertiary/aromatic N) is 2. The number of alkyl halides is 1. The summed E-state index contributed by atoms with van der Waals surface area (Å²) < 4.78 is 36.7. The van der Waals surface area contributed by atoms with E-state index in [9.17, 15) is 18.7 Å². The number of oxime groups is 1. The van der Waals surface area contributed by atoms with E-state index in [1.807, 2.05) is 6.92 Å². The van der Waals surface area contributed by atoms with Gasteiger partial charge in [-0.25, -0.2) is 13.8 Å². The Morgan fingerprint density at radius 1 is 1.15 bits per heavy atom. The maximum atomic E-state index is 13.1. The van der Waals surface area contributed by atoms with Crippen LogP contribution < -0.4 is 4.74 Å². The first kappa shape index (κ1) is 24.9. The molecule has 7 nitrogen and oxygen atoms in total. The van der Waals surface area contributed by atoms with Crippen molar-refractivity contribution in [2.24, 2.45) is 11.1 Å². The van der Waals surface area contributed by atoms with Crippen LogP contribution in [0.2, 0.25) is 0 Å². The van der Waals surface area contributed by atoms with Crippen LogP contribution in [0.15, 0.2) is 58.1 Å². The standard InChI is InChI=1S/C25H26F2N2O5/c1-16(29-33-14-12-26)22(25(30)31)15-18-3-9-21(10-4-18)32-13-11-23-17(2)34-24(28-23)19-5-7-20(27)8-6-19/h3-10,22H,11-15H2,1-2H3,(H,30,31)/b29-16+. The molecule has 9 heteroatoms. The van der Waals surface area contributed by atoms with Gasteiger partial charge in [0.25, 0.3) is 0 Å². The average molecular weight is 472 g/mol. The molecule has 0 amide bonds. The molecular weight excluding hydrogens is 446 g/mol. The van der Waals surface area contributed by atoms with E-state index in [4.69, 9.17) is 14.0 Å². The molecule has 34 heavy (non-hydrogen) atoms. The maximum Gasteiger partial charge on any atom is 0.312 e. The highest BCUT2D eigenvalue weighted by molar-refractivity contribution is 6.00. The number of rotatable bonds is 12. The number of oxazole rings is 1. The van der Waals surface area contributed by atoms with Gasteiger partial charge in [-0.3, -0.25) is 4.79 Å². The summed E-state index contributed by atoms with van der Waals surface area (Å²) in [5.74, 6) is -0.502. The number of halogens is 2. The number of benzene rings is 2. The molecule has 0 spiro atoms. The molecule has 0 saturated heterocycles. The molecule has 1 N–H and O–H groups in total. The van der Waals surface area contributed by atoms with Crippen molar-refractivity contribution in [3.8, 4) is 17.2 Å². The predicted octanol–water partition coefficient (Wildman–Crippen LogP) is 5.02. The number of aromatic nitrogens is 1. The van der Waals surface area contributed by atoms with Gasteiger partial charge in [0.2, 0.25) is 5.89 Å². The van der Waals surface area contributed by atoms with Gasteiger partial charge in [-0.15, -0.1) is 0 Å². The molecule has 0 aliphatic heterocycles. The quantitative estimate of drug-likeness (QED) is 0.226. The topological polar surface area (TPSA) is 94.2 Å². The molecule has 0 bridgehead atoms. The summed E-state index contributed by atoms with van der Waals surface area (Å²) in [6.07, 6.45) is 0.738. The first-order chi connectivity index (χ1) is 16.4. The number of carboxylic acid groups (broad SMARTS) is 1. The number of hydrogen-bond donors (Lipinski definition) is 1. The monoisotopic (exact) mass is 472 g/mol. The minimum Gasteiger partial charge on any atom is -0.493 e. The van der Waals surface area contributed by atoms with Crippen molar-refractivity contribution >= 4 is 11.7 Å². The summed E-state index contributed by atoms with van der Waals surface area (Å²) in [6.45, 7) is 2.82. The molecule has 180 valence electrons. The van der Waals surface area contributed by atoms with Crippen molar-refractivity contribution in [2.45, 2.75) is 26.7 Å². The van der Waals surface area contributed by atoms with E-state index in [0.717, 1.165) is 11.3 Å². The maximum absolute atomic E-state index is 13.1. The Morgan fingerprint density at radius 2 is 1.85 bits per heavy atom. The van der Waals surface area contributed by atoms with Crippen molar-refractivity contribution in [1.82, 2.24) is 4.98 Å². The average Bonchev–Trinajstić information content (AvgIpc) is 3.19. The minimum absolute atomic E-state index is 0.211. The van der Waals surface area contributed by atoms with E-state index >= 15 is 0 Å². The Morgan fingerprint density at radius 3 is 2.50 bits per heavy atom. The normalized spacial score (nSPS) is 12.4. The fourth-order valence-electron chi connectivity index (χ4n) is 3.26. The second kappa shape index (κ2) is 11.9. The van der Waals surface area contributed by atoms with Gasteiger partial charge in [-0.2, -0.15) is 0 Å². The van der Waals surface area contributed by atoms with Crippen LogP contribution in [-0.2, 0) is 22.5 Å². The molecule has 0 saturated carbocycles. The van der Waals surface area contributed by atoms with Crippen molar-refractivity contribution in [3.05, 3.63) is 71.4 Å². The number of carbonyl (C=O) groups is 1. The van der Waals surface area contributed by atoms with Crippen LogP contribution in [0.1, 0.15) is 23.9 Å². The summed E-state index contributed by atoms with van der Waals surface area (Å²) in [4.78, 5) is 20.8. The van der Waals surface area contributed by atoms with E-state index in [0.29, 0.717) is 36.0 Å². The number of hydrogen-bond acceptors (Lipinski definition) is 6. The molecule has 1 unspecified atom stereocenters. The predicted molar refractivity (Wildman–Crippen MR) is 122 cm³/mol. The number of aryl methyl sites for hydroxylation is 1. The van der Waals surface area contributed by atoms with Gasteiger partial charge in [-0.05, 0) is 62.2 Å². The molecule has 0 fully saturated rings. The Bertz CT molecular complexity index is 1110. The number of ether oxygens (including phenoxy) is 1. The second-order valence-electron chi connectivity index (χ2n) is 7.62. The smallest absolute Gasteiger partial charge is 0.312 e. The molecule has 1 heterocycles. The second-order valence-corrected chi connectivity index (χ2v) is 7.62. The zero-order valence-electron chi connectivity index (χ0n) is 19.0. The third-order valence-electron chi connectivity index (χ3n) is 5.13. The number of carboxylic acids is 1. The molecule has 1 aromatic heterocycles. The van der Waals surface area contributed by atoms with Crippen LogP contribution in [0.4, 0.5) is 8.78 Å². The summed E-state index contributed by atoms with van der Waals surface area (Å²) in [7, 11) is 0. The van der Waals surface area contributed by atoms with Crippen molar-refractivity contribution in [1.29, 1.82) is 0 Å². The lowest BCUT2D eigenvalue weighted by Gasteiger charge is -2.12. The van der Waals surface area contributed by atoms with Crippen LogP contribution in [0.3, 0.4) is 0 Å². The van der Waals surface area contributed by atoms with Crippen LogP contribution in [0.5, 0.6) is 5.75 Å². The summed E-state index contributed by atoms with van der Waals surface area (Å²) in [5, 5.41) is 13.2. The van der Waals surface area contributed by atoms with E-state index in [1.54, 1.807) is 43.3 Å². The first-order valence-electron chi connectivity index (χ1n) is 10.8. The minimum atomic E-state index is -1.03. The van der Waals surface area contributed by atoms with Gasteiger partial charge in [0.1, 0.15) is 36.5 Å². The van der Waals surface area contributed by atoms with E-state index in [1.165, 1.54) is 12.1 Å². The molecule has 1 atom stereocenters. The van der Waals surface area contributed by atoms with Crippen LogP contribution in [0.25, 0.3) is 11.5 Å². The fraction of sp³-hybridized carbons (Fsp3) is 0.320. The van der Waals surface area contributed by atoms with Gasteiger partial charge in [0.15, 0.2) is 0 Å². The van der Waals surface area contributed by atoms with Gasteiger partial charge >= 0.3 is 5.97 Å². The van der Waals surface area contributed by atoms with Crippen LogP contribution in [-0.4, -0.2) is 41.7 Å². The van der Waals surface area contributed by atoms with E-state index in [2.05, 4.69) is 10.1 Å². The largest absolute Gasteiger partial charge is 0.493 e.